The number of hydrogen-bond acceptors (Lipinski definition) is 5. The van der Waals surface area contributed by atoms with Gasteiger partial charge in [-0.15, -0.1) is 11.3 Å². The lowest BCUT2D eigenvalue weighted by Gasteiger charge is -2.37. The van der Waals surface area contributed by atoms with E-state index in [2.05, 4.69) is 27.1 Å². The van der Waals surface area contributed by atoms with Crippen molar-refractivity contribution in [2.24, 2.45) is 0 Å². The molecule has 0 saturated carbocycles. The summed E-state index contributed by atoms with van der Waals surface area (Å²) >= 11 is 1.81. The molecular weight excluding hydrogens is 270 g/mol. The molecule has 112 valence electrons. The van der Waals surface area contributed by atoms with Gasteiger partial charge in [0.25, 0.3) is 0 Å². The Balaban J connectivity index is 1.54. The summed E-state index contributed by atoms with van der Waals surface area (Å²) in [5, 5.41) is 3.41. The van der Waals surface area contributed by atoms with Crippen LogP contribution in [0.1, 0.15) is 37.2 Å². The summed E-state index contributed by atoms with van der Waals surface area (Å²) in [7, 11) is 0. The quantitative estimate of drug-likeness (QED) is 0.853. The Morgan fingerprint density at radius 1 is 1.35 bits per heavy atom. The van der Waals surface area contributed by atoms with Crippen LogP contribution in [-0.4, -0.2) is 60.2 Å². The molecule has 0 aromatic carbocycles. The van der Waals surface area contributed by atoms with E-state index in [0.717, 1.165) is 32.8 Å². The van der Waals surface area contributed by atoms with Gasteiger partial charge >= 0.3 is 0 Å². The lowest BCUT2D eigenvalue weighted by Crippen LogP contribution is -2.45. The van der Waals surface area contributed by atoms with E-state index in [1.54, 1.807) is 0 Å². The zero-order chi connectivity index (χ0) is 13.8. The van der Waals surface area contributed by atoms with Gasteiger partial charge in [0.05, 0.1) is 18.8 Å². The summed E-state index contributed by atoms with van der Waals surface area (Å²) in [6.07, 6.45) is 6.28. The van der Waals surface area contributed by atoms with Crippen molar-refractivity contribution in [3.8, 4) is 0 Å². The first kappa shape index (κ1) is 14.4. The smallest absolute Gasteiger partial charge is 0.110 e. The monoisotopic (exact) mass is 295 g/mol. The Morgan fingerprint density at radius 2 is 2.30 bits per heavy atom. The van der Waals surface area contributed by atoms with Gasteiger partial charge in [0.1, 0.15) is 5.01 Å². The minimum absolute atomic E-state index is 0.389. The molecule has 5 heteroatoms. The van der Waals surface area contributed by atoms with Gasteiger partial charge in [0.2, 0.25) is 0 Å². The molecule has 3 heterocycles. The fourth-order valence-corrected chi connectivity index (χ4v) is 4.11. The molecule has 0 radical (unpaired) electrons. The minimum Gasteiger partial charge on any atom is -0.376 e. The Morgan fingerprint density at radius 3 is 3.10 bits per heavy atom. The van der Waals surface area contributed by atoms with E-state index in [-0.39, 0.29) is 0 Å². The standard InChI is InChI=1S/C15H25N3OS/c1-13-12-17(9-10-19-13)7-8-18-6-3-2-4-14(18)15-16-5-11-20-15/h5,11,13-14H,2-4,6-10,12H2,1H3/t13-,14-/m0/s1. The topological polar surface area (TPSA) is 28.6 Å². The molecule has 4 nitrogen and oxygen atoms in total. The first-order valence-corrected chi connectivity index (χ1v) is 8.68. The number of rotatable bonds is 4. The van der Waals surface area contributed by atoms with Gasteiger partial charge in [-0.05, 0) is 26.3 Å². The van der Waals surface area contributed by atoms with Crippen LogP contribution in [0.15, 0.2) is 11.6 Å². The molecule has 0 amide bonds. The second-order valence-corrected chi connectivity index (χ2v) is 6.83. The minimum atomic E-state index is 0.389. The van der Waals surface area contributed by atoms with E-state index in [1.807, 2.05) is 17.5 Å². The van der Waals surface area contributed by atoms with E-state index < -0.39 is 0 Å². The molecule has 0 aliphatic carbocycles. The average Bonchev–Trinajstić information content (AvgIpc) is 3.00. The van der Waals surface area contributed by atoms with Gasteiger partial charge < -0.3 is 4.74 Å². The normalized spacial score (nSPS) is 29.6. The van der Waals surface area contributed by atoms with Gasteiger partial charge in [0.15, 0.2) is 0 Å². The lowest BCUT2D eigenvalue weighted by atomic mass is 10.0. The molecule has 20 heavy (non-hydrogen) atoms. The molecule has 0 bridgehead atoms. The fourth-order valence-electron chi connectivity index (χ4n) is 3.30. The third-order valence-corrected chi connectivity index (χ3v) is 5.26. The van der Waals surface area contributed by atoms with Gasteiger partial charge in [-0.1, -0.05) is 6.42 Å². The first-order valence-electron chi connectivity index (χ1n) is 7.80. The highest BCUT2D eigenvalue weighted by Crippen LogP contribution is 2.31. The second kappa shape index (κ2) is 6.98. The molecule has 2 fully saturated rings. The number of nitrogens with zero attached hydrogens (tertiary/aromatic N) is 3. The van der Waals surface area contributed by atoms with Crippen LogP contribution in [-0.2, 0) is 4.74 Å². The second-order valence-electron chi connectivity index (χ2n) is 5.90. The molecule has 2 saturated heterocycles. The molecule has 1 aromatic heterocycles. The van der Waals surface area contributed by atoms with Crippen LogP contribution in [0, 0.1) is 0 Å². The molecule has 2 atom stereocenters. The van der Waals surface area contributed by atoms with E-state index in [4.69, 9.17) is 4.74 Å². The summed E-state index contributed by atoms with van der Waals surface area (Å²) in [4.78, 5) is 9.72. The van der Waals surface area contributed by atoms with Crippen molar-refractivity contribution in [1.29, 1.82) is 0 Å². The molecule has 3 rings (SSSR count). The summed E-state index contributed by atoms with van der Waals surface area (Å²) in [5.74, 6) is 0. The van der Waals surface area contributed by atoms with Crippen molar-refractivity contribution >= 4 is 11.3 Å². The number of morpholine rings is 1. The summed E-state index contributed by atoms with van der Waals surface area (Å²) in [6, 6.07) is 0.558. The maximum atomic E-state index is 5.62. The van der Waals surface area contributed by atoms with Crippen molar-refractivity contribution in [2.45, 2.75) is 38.3 Å². The highest BCUT2D eigenvalue weighted by molar-refractivity contribution is 7.09. The summed E-state index contributed by atoms with van der Waals surface area (Å²) in [6.45, 7) is 8.77. The summed E-state index contributed by atoms with van der Waals surface area (Å²) in [5.41, 5.74) is 0. The van der Waals surface area contributed by atoms with Crippen LogP contribution < -0.4 is 0 Å². The van der Waals surface area contributed by atoms with Gasteiger partial charge in [0, 0.05) is 37.8 Å². The molecule has 0 N–H and O–H groups in total. The van der Waals surface area contributed by atoms with Crippen LogP contribution in [0.25, 0.3) is 0 Å². The molecule has 1 aromatic rings. The zero-order valence-electron chi connectivity index (χ0n) is 12.3. The molecule has 0 spiro atoms. The van der Waals surface area contributed by atoms with E-state index in [0.29, 0.717) is 12.1 Å². The predicted octanol–water partition coefficient (Wildman–Crippen LogP) is 2.39. The number of piperidine rings is 1. The Kier molecular flexibility index (Phi) is 5.04. The number of thiazole rings is 1. The molecule has 2 aliphatic heterocycles. The summed E-state index contributed by atoms with van der Waals surface area (Å²) < 4.78 is 5.62. The molecular formula is C15H25N3OS. The van der Waals surface area contributed by atoms with Crippen molar-refractivity contribution < 1.29 is 4.74 Å². The van der Waals surface area contributed by atoms with Crippen molar-refractivity contribution in [1.82, 2.24) is 14.8 Å². The van der Waals surface area contributed by atoms with Crippen LogP contribution in [0.2, 0.25) is 0 Å². The van der Waals surface area contributed by atoms with E-state index in [9.17, 15) is 0 Å². The van der Waals surface area contributed by atoms with Gasteiger partial charge in [-0.2, -0.15) is 0 Å². The first-order chi connectivity index (χ1) is 9.83. The number of hydrogen-bond donors (Lipinski definition) is 0. The Labute approximate surface area is 125 Å². The molecule has 0 unspecified atom stereocenters. The van der Waals surface area contributed by atoms with Crippen LogP contribution in [0.5, 0.6) is 0 Å². The number of aromatic nitrogens is 1. The molecule has 2 aliphatic rings. The van der Waals surface area contributed by atoms with Gasteiger partial charge in [-0.3, -0.25) is 9.80 Å². The van der Waals surface area contributed by atoms with Crippen LogP contribution in [0.4, 0.5) is 0 Å². The number of likely N-dealkylation sites (tertiary alicyclic amines) is 1. The van der Waals surface area contributed by atoms with E-state index >= 15 is 0 Å². The van der Waals surface area contributed by atoms with Crippen molar-refractivity contribution in [3.63, 3.8) is 0 Å². The van der Waals surface area contributed by atoms with Crippen molar-refractivity contribution in [2.75, 3.05) is 39.3 Å². The largest absolute Gasteiger partial charge is 0.376 e. The van der Waals surface area contributed by atoms with Crippen LogP contribution >= 0.6 is 11.3 Å². The van der Waals surface area contributed by atoms with Crippen molar-refractivity contribution in [3.05, 3.63) is 16.6 Å². The zero-order valence-corrected chi connectivity index (χ0v) is 13.1. The fraction of sp³-hybridized carbons (Fsp3) is 0.800. The third-order valence-electron chi connectivity index (χ3n) is 4.38. The predicted molar refractivity (Wildman–Crippen MR) is 82.1 cm³/mol. The van der Waals surface area contributed by atoms with E-state index in [1.165, 1.54) is 30.8 Å². The highest BCUT2D eigenvalue weighted by atomic mass is 32.1. The maximum absolute atomic E-state index is 5.62. The average molecular weight is 295 g/mol. The Hall–Kier alpha value is -0.490. The van der Waals surface area contributed by atoms with Gasteiger partial charge in [-0.25, -0.2) is 4.98 Å². The SMILES string of the molecule is C[C@H]1CN(CCN2CCCC[C@H]2c2nccs2)CCO1. The third kappa shape index (κ3) is 3.58. The number of ether oxygens (including phenoxy) is 1. The highest BCUT2D eigenvalue weighted by Gasteiger charge is 2.26. The maximum Gasteiger partial charge on any atom is 0.110 e. The van der Waals surface area contributed by atoms with Crippen LogP contribution in [0.3, 0.4) is 0 Å². The lowest BCUT2D eigenvalue weighted by molar-refractivity contribution is -0.0228. The Bertz CT molecular complexity index is 398.